The van der Waals surface area contributed by atoms with Crippen molar-refractivity contribution in [2.24, 2.45) is 0 Å². The normalized spacial score (nSPS) is 13.2. The second kappa shape index (κ2) is 12.4. The lowest BCUT2D eigenvalue weighted by molar-refractivity contribution is 0.793. The van der Waals surface area contributed by atoms with Crippen LogP contribution in [0.15, 0.2) is 212 Å². The quantitative estimate of drug-likeness (QED) is 0.161. The van der Waals surface area contributed by atoms with Crippen LogP contribution in [-0.2, 0) is 5.41 Å². The Morgan fingerprint density at radius 2 is 0.864 bits per heavy atom. The number of fused-ring (bicyclic) bond motifs is 17. The summed E-state index contributed by atoms with van der Waals surface area (Å²) in [5.41, 5.74) is 14.7. The summed E-state index contributed by atoms with van der Waals surface area (Å²) < 4.78 is 1.30. The molecule has 1 spiro atoms. The lowest BCUT2D eigenvalue weighted by Gasteiger charge is -2.36. The predicted octanol–water partition coefficient (Wildman–Crippen LogP) is 15.8. The molecule has 0 amide bonds. The van der Waals surface area contributed by atoms with Gasteiger partial charge < -0.3 is 4.90 Å². The molecule has 1 aromatic heterocycles. The summed E-state index contributed by atoms with van der Waals surface area (Å²) in [7, 11) is 0. The van der Waals surface area contributed by atoms with Crippen molar-refractivity contribution in [1.29, 1.82) is 0 Å². The molecule has 0 N–H and O–H groups in total. The van der Waals surface area contributed by atoms with Gasteiger partial charge in [0.15, 0.2) is 0 Å². The predicted molar refractivity (Wildman–Crippen MR) is 251 cm³/mol. The Kier molecular flexibility index (Phi) is 6.87. The highest BCUT2D eigenvalue weighted by atomic mass is 32.1. The number of rotatable bonds is 4. The number of anilines is 3. The third kappa shape index (κ3) is 4.50. The van der Waals surface area contributed by atoms with E-state index in [1.165, 1.54) is 103 Å². The van der Waals surface area contributed by atoms with Gasteiger partial charge in [0.2, 0.25) is 0 Å². The Hall–Kier alpha value is -7.26. The van der Waals surface area contributed by atoms with Crippen molar-refractivity contribution in [2.75, 3.05) is 4.90 Å². The van der Waals surface area contributed by atoms with Gasteiger partial charge in [-0.3, -0.25) is 0 Å². The molecule has 0 atom stereocenters. The Morgan fingerprint density at radius 3 is 1.53 bits per heavy atom. The molecule has 10 aromatic carbocycles. The van der Waals surface area contributed by atoms with E-state index in [0.717, 1.165) is 11.4 Å². The maximum Gasteiger partial charge on any atom is 0.0746 e. The van der Waals surface area contributed by atoms with Crippen molar-refractivity contribution < 1.29 is 0 Å². The number of hydrogen-bond acceptors (Lipinski definition) is 2. The van der Waals surface area contributed by atoms with E-state index in [0.29, 0.717) is 0 Å². The standard InChI is InChI=1S/C57H35NS/c1-12-30-54-37(15-1)34-55(59-54)36-16-13-17-38(33-36)58(39-31-32-44-42-20-3-2-18-40(42)41-19-4-5-21-43(41)49(44)35-39)53-29-14-25-48-47-24-8-11-28-52(47)57(56(48)53)50-26-9-6-22-45(50)46-23-7-10-27-51(46)57/h1-35H. The maximum atomic E-state index is 2.55. The van der Waals surface area contributed by atoms with Crippen LogP contribution in [0.2, 0.25) is 0 Å². The summed E-state index contributed by atoms with van der Waals surface area (Å²) >= 11 is 1.86. The first kappa shape index (κ1) is 32.8. The Balaban J connectivity index is 1.14. The molecule has 2 aliphatic rings. The molecule has 1 heterocycles. The number of hydrogen-bond donors (Lipinski definition) is 0. The fourth-order valence-electron chi connectivity index (χ4n) is 10.7. The van der Waals surface area contributed by atoms with Crippen LogP contribution < -0.4 is 4.90 Å². The van der Waals surface area contributed by atoms with Gasteiger partial charge in [-0.05, 0) is 125 Å². The summed E-state index contributed by atoms with van der Waals surface area (Å²) in [4.78, 5) is 3.82. The van der Waals surface area contributed by atoms with Crippen molar-refractivity contribution in [1.82, 2.24) is 0 Å². The van der Waals surface area contributed by atoms with Crippen LogP contribution in [0, 0.1) is 0 Å². The van der Waals surface area contributed by atoms with Crippen LogP contribution in [0.4, 0.5) is 17.1 Å². The first-order valence-electron chi connectivity index (χ1n) is 20.4. The molecule has 1 nitrogen and oxygen atoms in total. The van der Waals surface area contributed by atoms with Crippen molar-refractivity contribution in [3.05, 3.63) is 235 Å². The van der Waals surface area contributed by atoms with Crippen molar-refractivity contribution in [3.8, 4) is 32.7 Å². The minimum atomic E-state index is -0.503. The molecule has 0 unspecified atom stereocenters. The molecule has 0 saturated carbocycles. The van der Waals surface area contributed by atoms with Gasteiger partial charge in [0.05, 0.1) is 11.1 Å². The maximum absolute atomic E-state index is 2.55. The van der Waals surface area contributed by atoms with Crippen LogP contribution in [0.1, 0.15) is 22.3 Å². The van der Waals surface area contributed by atoms with Gasteiger partial charge in [0.25, 0.3) is 0 Å². The van der Waals surface area contributed by atoms with Crippen LogP contribution in [0.3, 0.4) is 0 Å². The van der Waals surface area contributed by atoms with Gasteiger partial charge in [-0.2, -0.15) is 0 Å². The summed E-state index contributed by atoms with van der Waals surface area (Å²) in [6, 6.07) is 79.5. The van der Waals surface area contributed by atoms with Gasteiger partial charge in [0.1, 0.15) is 0 Å². The third-order valence-electron chi connectivity index (χ3n) is 13.0. The largest absolute Gasteiger partial charge is 0.310 e. The van der Waals surface area contributed by atoms with Crippen molar-refractivity contribution in [2.45, 2.75) is 5.41 Å². The molecular weight excluding hydrogens is 731 g/mol. The van der Waals surface area contributed by atoms with Gasteiger partial charge in [-0.15, -0.1) is 11.3 Å². The molecule has 0 saturated heterocycles. The summed E-state index contributed by atoms with van der Waals surface area (Å²) in [6.07, 6.45) is 0. The van der Waals surface area contributed by atoms with Crippen LogP contribution >= 0.6 is 11.3 Å². The average Bonchev–Trinajstić information content (AvgIpc) is 3.97. The zero-order valence-electron chi connectivity index (χ0n) is 32.1. The molecule has 0 radical (unpaired) electrons. The highest BCUT2D eigenvalue weighted by Gasteiger charge is 2.53. The Labute approximate surface area is 346 Å². The highest BCUT2D eigenvalue weighted by Crippen LogP contribution is 2.65. The second-order valence-electron chi connectivity index (χ2n) is 15.9. The first-order chi connectivity index (χ1) is 29.3. The fourth-order valence-corrected chi connectivity index (χ4v) is 11.8. The summed E-state index contributed by atoms with van der Waals surface area (Å²) in [6.45, 7) is 0. The Morgan fingerprint density at radius 1 is 0.356 bits per heavy atom. The average molecular weight is 766 g/mol. The van der Waals surface area contributed by atoms with E-state index < -0.39 is 5.41 Å². The molecule has 59 heavy (non-hydrogen) atoms. The molecule has 11 aromatic rings. The van der Waals surface area contributed by atoms with E-state index in [9.17, 15) is 0 Å². The first-order valence-corrected chi connectivity index (χ1v) is 21.2. The molecule has 0 fully saturated rings. The van der Waals surface area contributed by atoms with E-state index in [4.69, 9.17) is 0 Å². The second-order valence-corrected chi connectivity index (χ2v) is 17.0. The van der Waals surface area contributed by atoms with Crippen LogP contribution in [0.25, 0.3) is 75.1 Å². The third-order valence-corrected chi connectivity index (χ3v) is 14.2. The zero-order valence-corrected chi connectivity index (χ0v) is 32.9. The fraction of sp³-hybridized carbons (Fsp3) is 0.0175. The molecule has 0 bridgehead atoms. The SMILES string of the molecule is c1cc(-c2cc3ccccc3s2)cc(N(c2ccc3c4ccccc4c4ccccc4c3c2)c2cccc3c2C2(c4ccccc4-c4ccccc42)c2ccccc2-3)c1. The van der Waals surface area contributed by atoms with E-state index in [2.05, 4.69) is 217 Å². The molecule has 2 heteroatoms. The molecule has 2 aliphatic carbocycles. The van der Waals surface area contributed by atoms with E-state index in [-0.39, 0.29) is 0 Å². The number of nitrogens with zero attached hydrogens (tertiary/aromatic N) is 1. The number of thiophene rings is 1. The zero-order chi connectivity index (χ0) is 38.7. The monoisotopic (exact) mass is 765 g/mol. The van der Waals surface area contributed by atoms with Crippen molar-refractivity contribution >= 4 is 70.8 Å². The minimum absolute atomic E-state index is 0.503. The minimum Gasteiger partial charge on any atom is -0.310 e. The highest BCUT2D eigenvalue weighted by molar-refractivity contribution is 7.22. The topological polar surface area (TPSA) is 3.24 Å². The summed E-state index contributed by atoms with van der Waals surface area (Å²) in [5.74, 6) is 0. The van der Waals surface area contributed by atoms with Gasteiger partial charge in [-0.1, -0.05) is 170 Å². The smallest absolute Gasteiger partial charge is 0.0746 e. The Bertz CT molecular complexity index is 3400. The van der Waals surface area contributed by atoms with Crippen molar-refractivity contribution in [3.63, 3.8) is 0 Å². The van der Waals surface area contributed by atoms with E-state index >= 15 is 0 Å². The van der Waals surface area contributed by atoms with E-state index in [1.54, 1.807) is 0 Å². The molecule has 274 valence electrons. The van der Waals surface area contributed by atoms with E-state index in [1.807, 2.05) is 11.3 Å². The van der Waals surface area contributed by atoms with Crippen LogP contribution in [0.5, 0.6) is 0 Å². The van der Waals surface area contributed by atoms with Gasteiger partial charge >= 0.3 is 0 Å². The number of benzene rings is 10. The molecular formula is C57H35NS. The molecule has 13 rings (SSSR count). The van der Waals surface area contributed by atoms with Gasteiger partial charge in [-0.25, -0.2) is 0 Å². The van der Waals surface area contributed by atoms with Gasteiger partial charge in [0, 0.05) is 26.5 Å². The summed E-state index contributed by atoms with van der Waals surface area (Å²) in [5, 5.41) is 8.91. The van der Waals surface area contributed by atoms with Crippen LogP contribution in [-0.4, -0.2) is 0 Å². The lowest BCUT2D eigenvalue weighted by atomic mass is 9.70. The lowest BCUT2D eigenvalue weighted by Crippen LogP contribution is -2.28. The molecule has 0 aliphatic heterocycles.